The highest BCUT2D eigenvalue weighted by Crippen LogP contribution is 2.21. The third-order valence-electron chi connectivity index (χ3n) is 3.81. The van der Waals surface area contributed by atoms with Crippen molar-refractivity contribution in [3.05, 3.63) is 54.4 Å². The van der Waals surface area contributed by atoms with Crippen LogP contribution in [0.25, 0.3) is 0 Å². The molecule has 1 amide bonds. The monoisotopic (exact) mass is 377 g/mol. The van der Waals surface area contributed by atoms with Gasteiger partial charge in [0.05, 0.1) is 24.2 Å². The third-order valence-corrected chi connectivity index (χ3v) is 5.02. The molecular weight excluding hydrogens is 354 g/mol. The Morgan fingerprint density at radius 3 is 2.46 bits per heavy atom. The molecule has 0 aliphatic rings. The molecule has 0 spiro atoms. The van der Waals surface area contributed by atoms with Gasteiger partial charge in [-0.25, -0.2) is 8.42 Å². The fraction of sp³-hybridized carbons (Fsp3) is 0.333. The van der Waals surface area contributed by atoms with Crippen molar-refractivity contribution in [1.29, 1.82) is 0 Å². The molecular formula is C18H23N3O4S. The number of hydrogen-bond donors (Lipinski definition) is 1. The summed E-state index contributed by atoms with van der Waals surface area (Å²) in [5.74, 6) is 0.269. The predicted octanol–water partition coefficient (Wildman–Crippen LogP) is 1.95. The molecule has 1 aromatic carbocycles. The second-order valence-electron chi connectivity index (χ2n) is 5.78. The van der Waals surface area contributed by atoms with Gasteiger partial charge in [-0.2, -0.15) is 0 Å². The zero-order chi connectivity index (χ0) is 19.2. The van der Waals surface area contributed by atoms with Crippen molar-refractivity contribution in [2.75, 3.05) is 17.6 Å². The SMILES string of the molecule is CC[C@H](Oc1ccc(N(C)S(C)(=O)=O)cc1)C(=O)NCc1ccccn1. The molecule has 0 radical (unpaired) electrons. The number of carbonyl (C=O) groups is 1. The molecule has 8 heteroatoms. The Labute approximate surface area is 154 Å². The van der Waals surface area contributed by atoms with E-state index in [9.17, 15) is 13.2 Å². The van der Waals surface area contributed by atoms with Crippen molar-refractivity contribution < 1.29 is 17.9 Å². The highest BCUT2D eigenvalue weighted by atomic mass is 32.2. The molecule has 7 nitrogen and oxygen atoms in total. The largest absolute Gasteiger partial charge is 0.481 e. The molecule has 1 atom stereocenters. The van der Waals surface area contributed by atoms with Crippen molar-refractivity contribution in [3.8, 4) is 5.75 Å². The van der Waals surface area contributed by atoms with E-state index >= 15 is 0 Å². The lowest BCUT2D eigenvalue weighted by molar-refractivity contribution is -0.128. The summed E-state index contributed by atoms with van der Waals surface area (Å²) in [7, 11) is -1.84. The number of nitrogens with one attached hydrogen (secondary N) is 1. The second kappa shape index (κ2) is 8.66. The van der Waals surface area contributed by atoms with Gasteiger partial charge in [0.1, 0.15) is 5.75 Å². The zero-order valence-electron chi connectivity index (χ0n) is 15.0. The van der Waals surface area contributed by atoms with E-state index in [2.05, 4.69) is 10.3 Å². The van der Waals surface area contributed by atoms with Crippen molar-refractivity contribution in [1.82, 2.24) is 10.3 Å². The number of anilines is 1. The van der Waals surface area contributed by atoms with E-state index in [-0.39, 0.29) is 5.91 Å². The molecule has 2 rings (SSSR count). The van der Waals surface area contributed by atoms with E-state index < -0.39 is 16.1 Å². The Bertz CT molecular complexity index is 823. The minimum Gasteiger partial charge on any atom is -0.481 e. The van der Waals surface area contributed by atoms with Gasteiger partial charge in [-0.3, -0.25) is 14.1 Å². The van der Waals surface area contributed by atoms with Crippen LogP contribution in [0.5, 0.6) is 5.75 Å². The van der Waals surface area contributed by atoms with Gasteiger partial charge in [0.15, 0.2) is 6.10 Å². The van der Waals surface area contributed by atoms with Crippen LogP contribution in [0.4, 0.5) is 5.69 Å². The number of hydrogen-bond acceptors (Lipinski definition) is 5. The zero-order valence-corrected chi connectivity index (χ0v) is 15.9. The standard InChI is InChI=1S/C18H23N3O4S/c1-4-17(18(22)20-13-14-7-5-6-12-19-14)25-16-10-8-15(9-11-16)21(2)26(3,23)24/h5-12,17H,4,13H2,1-3H3,(H,20,22)/t17-/m0/s1. The number of amides is 1. The lowest BCUT2D eigenvalue weighted by atomic mass is 10.2. The Balaban J connectivity index is 1.97. The number of aromatic nitrogens is 1. The van der Waals surface area contributed by atoms with E-state index in [0.717, 1.165) is 11.9 Å². The molecule has 0 aliphatic carbocycles. The molecule has 0 saturated carbocycles. The maximum absolute atomic E-state index is 12.3. The highest BCUT2D eigenvalue weighted by Gasteiger charge is 2.18. The molecule has 1 heterocycles. The van der Waals surface area contributed by atoms with Gasteiger partial charge in [-0.15, -0.1) is 0 Å². The third kappa shape index (κ3) is 5.45. The fourth-order valence-electron chi connectivity index (χ4n) is 2.21. The van der Waals surface area contributed by atoms with Crippen molar-refractivity contribution >= 4 is 21.6 Å². The summed E-state index contributed by atoms with van der Waals surface area (Å²) < 4.78 is 30.0. The van der Waals surface area contributed by atoms with Gasteiger partial charge in [0, 0.05) is 13.2 Å². The molecule has 0 aliphatic heterocycles. The van der Waals surface area contributed by atoms with Gasteiger partial charge < -0.3 is 10.1 Å². The van der Waals surface area contributed by atoms with Crippen molar-refractivity contribution in [2.24, 2.45) is 0 Å². The Morgan fingerprint density at radius 1 is 1.23 bits per heavy atom. The molecule has 26 heavy (non-hydrogen) atoms. The Kier molecular flexibility index (Phi) is 6.57. The highest BCUT2D eigenvalue weighted by molar-refractivity contribution is 7.92. The van der Waals surface area contributed by atoms with E-state index in [0.29, 0.717) is 24.4 Å². The van der Waals surface area contributed by atoms with Gasteiger partial charge in [-0.05, 0) is 42.8 Å². The molecule has 140 valence electrons. The first kappa shape index (κ1) is 19.7. The number of nitrogens with zero attached hydrogens (tertiary/aromatic N) is 2. The minimum absolute atomic E-state index is 0.226. The summed E-state index contributed by atoms with van der Waals surface area (Å²) in [5, 5.41) is 2.81. The van der Waals surface area contributed by atoms with Gasteiger partial charge >= 0.3 is 0 Å². The van der Waals surface area contributed by atoms with E-state index in [1.165, 1.54) is 11.4 Å². The lowest BCUT2D eigenvalue weighted by Gasteiger charge is -2.19. The molecule has 0 bridgehead atoms. The average molecular weight is 377 g/mol. The quantitative estimate of drug-likeness (QED) is 0.760. The second-order valence-corrected chi connectivity index (χ2v) is 7.79. The number of rotatable bonds is 8. The first-order valence-electron chi connectivity index (χ1n) is 8.19. The first-order chi connectivity index (χ1) is 12.3. The molecule has 1 aromatic heterocycles. The van der Waals surface area contributed by atoms with Crippen LogP contribution in [0.15, 0.2) is 48.7 Å². The van der Waals surface area contributed by atoms with Crippen LogP contribution in [0, 0.1) is 0 Å². The lowest BCUT2D eigenvalue weighted by Crippen LogP contribution is -2.37. The number of ether oxygens (including phenoxy) is 1. The minimum atomic E-state index is -3.32. The van der Waals surface area contributed by atoms with Crippen LogP contribution in [0.2, 0.25) is 0 Å². The molecule has 1 N–H and O–H groups in total. The van der Waals surface area contributed by atoms with Gasteiger partial charge in [0.2, 0.25) is 10.0 Å². The van der Waals surface area contributed by atoms with Gasteiger partial charge in [-0.1, -0.05) is 13.0 Å². The van der Waals surface area contributed by atoms with E-state index in [1.807, 2.05) is 25.1 Å². The Hall–Kier alpha value is -2.61. The maximum atomic E-state index is 12.3. The summed E-state index contributed by atoms with van der Waals surface area (Å²) in [6, 6.07) is 12.1. The molecule has 2 aromatic rings. The normalized spacial score (nSPS) is 12.3. The van der Waals surface area contributed by atoms with E-state index in [1.54, 1.807) is 30.5 Å². The fourth-order valence-corrected chi connectivity index (χ4v) is 2.71. The predicted molar refractivity (Wildman–Crippen MR) is 100 cm³/mol. The van der Waals surface area contributed by atoms with Crippen LogP contribution in [0.3, 0.4) is 0 Å². The topological polar surface area (TPSA) is 88.6 Å². The number of pyridine rings is 1. The molecule has 0 saturated heterocycles. The van der Waals surface area contributed by atoms with E-state index in [4.69, 9.17) is 4.74 Å². The number of carbonyl (C=O) groups excluding carboxylic acids is 1. The maximum Gasteiger partial charge on any atom is 0.261 e. The van der Waals surface area contributed by atoms with Crippen LogP contribution in [-0.4, -0.2) is 38.7 Å². The van der Waals surface area contributed by atoms with Crippen LogP contribution >= 0.6 is 0 Å². The molecule has 0 unspecified atom stereocenters. The number of sulfonamides is 1. The first-order valence-corrected chi connectivity index (χ1v) is 10.0. The summed E-state index contributed by atoms with van der Waals surface area (Å²) in [4.78, 5) is 16.5. The van der Waals surface area contributed by atoms with Crippen LogP contribution < -0.4 is 14.4 Å². The van der Waals surface area contributed by atoms with Crippen LogP contribution in [-0.2, 0) is 21.4 Å². The van der Waals surface area contributed by atoms with Crippen molar-refractivity contribution in [3.63, 3.8) is 0 Å². The van der Waals surface area contributed by atoms with Gasteiger partial charge in [0.25, 0.3) is 5.91 Å². The molecule has 0 fully saturated rings. The summed E-state index contributed by atoms with van der Waals surface area (Å²) >= 11 is 0. The average Bonchev–Trinajstić information content (AvgIpc) is 2.64. The Morgan fingerprint density at radius 2 is 1.92 bits per heavy atom. The summed E-state index contributed by atoms with van der Waals surface area (Å²) in [6.07, 6.45) is 2.66. The summed E-state index contributed by atoms with van der Waals surface area (Å²) in [6.45, 7) is 2.19. The van der Waals surface area contributed by atoms with Crippen LogP contribution in [0.1, 0.15) is 19.0 Å². The smallest absolute Gasteiger partial charge is 0.261 e. The number of benzene rings is 1. The summed E-state index contributed by atoms with van der Waals surface area (Å²) in [5.41, 5.74) is 1.29. The van der Waals surface area contributed by atoms with Crippen molar-refractivity contribution in [2.45, 2.75) is 26.0 Å².